The summed E-state index contributed by atoms with van der Waals surface area (Å²) in [6, 6.07) is 18.9. The van der Waals surface area contributed by atoms with Crippen molar-refractivity contribution in [3.05, 3.63) is 71.4 Å². The second-order valence-corrected chi connectivity index (χ2v) is 6.44. The van der Waals surface area contributed by atoms with Gasteiger partial charge in [-0.2, -0.15) is 0 Å². The molecule has 0 fully saturated rings. The monoisotopic (exact) mass is 305 g/mol. The molecule has 118 valence electrons. The van der Waals surface area contributed by atoms with Crippen LogP contribution >= 0.6 is 0 Å². The first-order valence-electron chi connectivity index (χ1n) is 8.47. The number of anilines is 2. The number of nitrogen functional groups attached to an aromatic ring is 1. The van der Waals surface area contributed by atoms with Crippen LogP contribution in [0, 0.1) is 0 Å². The lowest BCUT2D eigenvalue weighted by Gasteiger charge is -2.33. The van der Waals surface area contributed by atoms with Gasteiger partial charge in [-0.05, 0) is 49.0 Å². The molecule has 0 saturated heterocycles. The van der Waals surface area contributed by atoms with Crippen LogP contribution in [0.4, 0.5) is 11.4 Å². The third kappa shape index (κ3) is 2.73. The van der Waals surface area contributed by atoms with Crippen LogP contribution in [0.15, 0.2) is 65.9 Å². The largest absolute Gasteiger partial charge is 0.397 e. The topological polar surface area (TPSA) is 32.5 Å². The van der Waals surface area contributed by atoms with Gasteiger partial charge in [-0.1, -0.05) is 42.5 Å². The summed E-state index contributed by atoms with van der Waals surface area (Å²) in [5.41, 5.74) is 12.7. The molecule has 0 atom stereocenters. The molecule has 2 aromatic carbocycles. The lowest BCUT2D eigenvalue weighted by molar-refractivity contribution is 0.304. The van der Waals surface area contributed by atoms with E-state index in [1.165, 1.54) is 30.5 Å². The van der Waals surface area contributed by atoms with Gasteiger partial charge in [0.25, 0.3) is 0 Å². The standard InChI is InChI=1S/C20H23N3/c21-18-11-5-7-13-20(18)23-19-12-6-4-10-17(19)15-22(23)14-16-8-2-1-3-9-16/h1-3,5,7-9,11,13H,4,6,10,12,14-15,21H2. The highest BCUT2D eigenvalue weighted by Crippen LogP contribution is 2.40. The van der Waals surface area contributed by atoms with E-state index in [9.17, 15) is 0 Å². The number of hydrogen-bond acceptors (Lipinski definition) is 3. The van der Waals surface area contributed by atoms with Gasteiger partial charge in [-0.25, -0.2) is 5.01 Å². The molecule has 0 unspecified atom stereocenters. The van der Waals surface area contributed by atoms with Crippen molar-refractivity contribution in [2.45, 2.75) is 32.2 Å². The molecule has 0 bridgehead atoms. The van der Waals surface area contributed by atoms with Crippen molar-refractivity contribution < 1.29 is 0 Å². The first-order chi connectivity index (χ1) is 11.3. The Morgan fingerprint density at radius 2 is 1.61 bits per heavy atom. The van der Waals surface area contributed by atoms with Gasteiger partial charge in [0, 0.05) is 18.8 Å². The summed E-state index contributed by atoms with van der Waals surface area (Å²) >= 11 is 0. The predicted molar refractivity (Wildman–Crippen MR) is 95.7 cm³/mol. The average molecular weight is 305 g/mol. The van der Waals surface area contributed by atoms with Gasteiger partial charge in [-0.15, -0.1) is 0 Å². The molecule has 2 aliphatic rings. The molecule has 0 radical (unpaired) electrons. The molecule has 2 aromatic rings. The number of nitrogens with zero attached hydrogens (tertiary/aromatic N) is 2. The van der Waals surface area contributed by atoms with Gasteiger partial charge in [-0.3, -0.25) is 5.01 Å². The lowest BCUT2D eigenvalue weighted by Crippen LogP contribution is -2.37. The van der Waals surface area contributed by atoms with Crippen LogP contribution in [-0.4, -0.2) is 11.6 Å². The third-order valence-corrected chi connectivity index (χ3v) is 4.83. The molecular formula is C20H23N3. The number of para-hydroxylation sites is 2. The van der Waals surface area contributed by atoms with Crippen molar-refractivity contribution in [2.75, 3.05) is 17.3 Å². The van der Waals surface area contributed by atoms with E-state index in [-0.39, 0.29) is 0 Å². The van der Waals surface area contributed by atoms with E-state index in [1.807, 2.05) is 12.1 Å². The Labute approximate surface area is 138 Å². The zero-order valence-electron chi connectivity index (χ0n) is 13.4. The van der Waals surface area contributed by atoms with E-state index in [0.717, 1.165) is 30.9 Å². The molecular weight excluding hydrogens is 282 g/mol. The van der Waals surface area contributed by atoms with Crippen molar-refractivity contribution >= 4 is 11.4 Å². The Bertz CT molecular complexity index is 721. The number of hydrogen-bond donors (Lipinski definition) is 1. The van der Waals surface area contributed by atoms with Crippen molar-refractivity contribution in [2.24, 2.45) is 0 Å². The highest BCUT2D eigenvalue weighted by atomic mass is 15.6. The van der Waals surface area contributed by atoms with Crippen LogP contribution in [0.1, 0.15) is 31.2 Å². The third-order valence-electron chi connectivity index (χ3n) is 4.83. The molecule has 3 heteroatoms. The van der Waals surface area contributed by atoms with E-state index in [2.05, 4.69) is 52.5 Å². The Morgan fingerprint density at radius 1 is 0.870 bits per heavy atom. The normalized spacial score (nSPS) is 18.3. The zero-order valence-corrected chi connectivity index (χ0v) is 13.4. The van der Waals surface area contributed by atoms with Crippen molar-refractivity contribution in [1.29, 1.82) is 0 Å². The molecule has 1 aliphatic carbocycles. The summed E-state index contributed by atoms with van der Waals surface area (Å²) in [5, 5.41) is 4.83. The number of nitrogens with two attached hydrogens (primary N) is 1. The smallest absolute Gasteiger partial charge is 0.0806 e. The first-order valence-corrected chi connectivity index (χ1v) is 8.47. The summed E-state index contributed by atoms with van der Waals surface area (Å²) in [5.74, 6) is 0. The maximum absolute atomic E-state index is 6.29. The molecule has 0 aromatic heterocycles. The molecule has 0 saturated carbocycles. The van der Waals surface area contributed by atoms with Crippen LogP contribution in [0.2, 0.25) is 0 Å². The van der Waals surface area contributed by atoms with E-state index in [1.54, 1.807) is 5.57 Å². The first kappa shape index (κ1) is 14.3. The fourth-order valence-electron chi connectivity index (χ4n) is 3.74. The minimum absolute atomic E-state index is 0.852. The van der Waals surface area contributed by atoms with Crippen LogP contribution in [0.25, 0.3) is 0 Å². The van der Waals surface area contributed by atoms with E-state index < -0.39 is 0 Å². The minimum Gasteiger partial charge on any atom is -0.397 e. The van der Waals surface area contributed by atoms with Crippen LogP contribution in [-0.2, 0) is 6.54 Å². The highest BCUT2D eigenvalue weighted by molar-refractivity contribution is 5.70. The minimum atomic E-state index is 0.852. The van der Waals surface area contributed by atoms with E-state index in [0.29, 0.717) is 0 Å². The molecule has 1 heterocycles. The Kier molecular flexibility index (Phi) is 3.80. The maximum atomic E-state index is 6.29. The van der Waals surface area contributed by atoms with Crippen LogP contribution in [0.3, 0.4) is 0 Å². The summed E-state index contributed by atoms with van der Waals surface area (Å²) in [6.45, 7) is 1.95. The fraction of sp³-hybridized carbons (Fsp3) is 0.300. The number of rotatable bonds is 3. The van der Waals surface area contributed by atoms with Crippen molar-refractivity contribution in [1.82, 2.24) is 5.01 Å². The van der Waals surface area contributed by atoms with Crippen molar-refractivity contribution in [3.8, 4) is 0 Å². The molecule has 23 heavy (non-hydrogen) atoms. The number of hydrazine groups is 1. The number of allylic oxidation sites excluding steroid dienone is 1. The second-order valence-electron chi connectivity index (χ2n) is 6.44. The summed E-state index contributed by atoms with van der Waals surface area (Å²) in [6.07, 6.45) is 4.98. The molecule has 3 nitrogen and oxygen atoms in total. The van der Waals surface area contributed by atoms with Gasteiger partial charge in [0.15, 0.2) is 0 Å². The van der Waals surface area contributed by atoms with Crippen molar-refractivity contribution in [3.63, 3.8) is 0 Å². The zero-order chi connectivity index (χ0) is 15.6. The van der Waals surface area contributed by atoms with Gasteiger partial charge in [0.05, 0.1) is 11.4 Å². The second kappa shape index (κ2) is 6.09. The Balaban J connectivity index is 1.70. The molecule has 2 N–H and O–H groups in total. The van der Waals surface area contributed by atoms with Gasteiger partial charge in [0.2, 0.25) is 0 Å². The maximum Gasteiger partial charge on any atom is 0.0806 e. The quantitative estimate of drug-likeness (QED) is 0.856. The highest BCUT2D eigenvalue weighted by Gasteiger charge is 2.32. The Morgan fingerprint density at radius 3 is 2.43 bits per heavy atom. The summed E-state index contributed by atoms with van der Waals surface area (Å²) in [7, 11) is 0. The van der Waals surface area contributed by atoms with Crippen LogP contribution in [0.5, 0.6) is 0 Å². The molecule has 4 rings (SSSR count). The lowest BCUT2D eigenvalue weighted by atomic mass is 9.97. The molecule has 0 amide bonds. The summed E-state index contributed by atoms with van der Waals surface area (Å²) in [4.78, 5) is 0. The SMILES string of the molecule is Nc1ccccc1N1C2=C(CCCC2)CN1Cc1ccccc1. The predicted octanol–water partition coefficient (Wildman–Crippen LogP) is 4.33. The summed E-state index contributed by atoms with van der Waals surface area (Å²) < 4.78 is 0. The van der Waals surface area contributed by atoms with Gasteiger partial charge < -0.3 is 5.73 Å². The number of benzene rings is 2. The Hall–Kier alpha value is -2.26. The van der Waals surface area contributed by atoms with Gasteiger partial charge >= 0.3 is 0 Å². The molecule has 0 spiro atoms. The van der Waals surface area contributed by atoms with E-state index >= 15 is 0 Å². The fourth-order valence-corrected chi connectivity index (χ4v) is 3.74. The van der Waals surface area contributed by atoms with E-state index in [4.69, 9.17) is 5.73 Å². The molecule has 1 aliphatic heterocycles. The average Bonchev–Trinajstić information content (AvgIpc) is 2.94. The van der Waals surface area contributed by atoms with Gasteiger partial charge in [0.1, 0.15) is 0 Å². The van der Waals surface area contributed by atoms with Crippen LogP contribution < -0.4 is 10.7 Å².